The zero-order valence-corrected chi connectivity index (χ0v) is 19.9. The van der Waals surface area contributed by atoms with E-state index < -0.39 is 0 Å². The topological polar surface area (TPSA) is 58.1 Å². The van der Waals surface area contributed by atoms with E-state index in [0.717, 1.165) is 64.9 Å². The molecule has 2 N–H and O–H groups in total. The van der Waals surface area contributed by atoms with E-state index in [4.69, 9.17) is 14.5 Å². The summed E-state index contributed by atoms with van der Waals surface area (Å²) < 4.78 is 11.5. The number of hydrogen-bond acceptors (Lipinski definition) is 4. The van der Waals surface area contributed by atoms with Gasteiger partial charge in [0.1, 0.15) is 0 Å². The normalized spacial score (nSPS) is 20.2. The van der Waals surface area contributed by atoms with Gasteiger partial charge in [-0.2, -0.15) is 0 Å². The number of hydrogen-bond donors (Lipinski definition) is 2. The van der Waals surface area contributed by atoms with Crippen LogP contribution < -0.4 is 10.6 Å². The highest BCUT2D eigenvalue weighted by atomic mass is 127. The largest absolute Gasteiger partial charge is 0.379 e. The minimum absolute atomic E-state index is 0. The van der Waals surface area contributed by atoms with Crippen molar-refractivity contribution in [1.82, 2.24) is 15.5 Å². The molecule has 27 heavy (non-hydrogen) atoms. The van der Waals surface area contributed by atoms with Crippen molar-refractivity contribution in [2.24, 2.45) is 4.99 Å². The third-order valence-corrected chi connectivity index (χ3v) is 5.35. The predicted molar refractivity (Wildman–Crippen MR) is 123 cm³/mol. The first-order chi connectivity index (χ1) is 12.6. The number of ether oxygens (including phenoxy) is 2. The van der Waals surface area contributed by atoms with Crippen LogP contribution in [0.1, 0.15) is 59.3 Å². The molecule has 0 aromatic carbocycles. The van der Waals surface area contributed by atoms with Crippen molar-refractivity contribution in [3.8, 4) is 0 Å². The Labute approximate surface area is 183 Å². The maximum atomic E-state index is 6.00. The Morgan fingerprint density at radius 2 is 1.85 bits per heavy atom. The monoisotopic (exact) mass is 496 g/mol. The lowest BCUT2D eigenvalue weighted by molar-refractivity contribution is -0.00684. The van der Waals surface area contributed by atoms with Gasteiger partial charge in [-0.05, 0) is 40.0 Å². The quantitative estimate of drug-likeness (QED) is 0.223. The van der Waals surface area contributed by atoms with Crippen LogP contribution in [0.25, 0.3) is 0 Å². The molecule has 0 aromatic heterocycles. The van der Waals surface area contributed by atoms with Crippen LogP contribution in [0.4, 0.5) is 0 Å². The number of guanidine groups is 1. The number of morpholine rings is 1. The molecule has 1 heterocycles. The van der Waals surface area contributed by atoms with Gasteiger partial charge in [0.15, 0.2) is 5.96 Å². The van der Waals surface area contributed by atoms with E-state index in [1.165, 1.54) is 32.1 Å². The second kappa shape index (κ2) is 14.0. The van der Waals surface area contributed by atoms with Gasteiger partial charge in [0.2, 0.25) is 0 Å². The Morgan fingerprint density at radius 3 is 2.52 bits per heavy atom. The SMILES string of the molecule is CCNC(=NCC(C)(C)N1CCOCC1)NCCCOC1CCCCC1.I. The average Bonchev–Trinajstić information content (AvgIpc) is 2.67. The van der Waals surface area contributed by atoms with Crippen molar-refractivity contribution < 1.29 is 9.47 Å². The second-order valence-electron chi connectivity index (χ2n) is 8.02. The summed E-state index contributed by atoms with van der Waals surface area (Å²) in [6.45, 7) is 13.7. The molecule has 1 aliphatic heterocycles. The molecule has 2 fully saturated rings. The van der Waals surface area contributed by atoms with Gasteiger partial charge in [0, 0.05) is 38.3 Å². The minimum atomic E-state index is 0. The summed E-state index contributed by atoms with van der Waals surface area (Å²) in [4.78, 5) is 7.29. The van der Waals surface area contributed by atoms with Crippen LogP contribution in [0.5, 0.6) is 0 Å². The standard InChI is InChI=1S/C20H40N4O2.HI/c1-4-21-19(22-11-8-14-26-18-9-6-5-7-10-18)23-17-20(2,3)24-12-15-25-16-13-24;/h18H,4-17H2,1-3H3,(H2,21,22,23);1H. The van der Waals surface area contributed by atoms with Gasteiger partial charge in [0.25, 0.3) is 0 Å². The summed E-state index contributed by atoms with van der Waals surface area (Å²) in [7, 11) is 0. The molecule has 0 aromatic rings. The van der Waals surface area contributed by atoms with Crippen LogP contribution in [-0.2, 0) is 9.47 Å². The summed E-state index contributed by atoms with van der Waals surface area (Å²) in [5.41, 5.74) is 0.0518. The Bertz CT molecular complexity index is 409. The first kappa shape index (κ1) is 24.9. The first-order valence-corrected chi connectivity index (χ1v) is 10.6. The van der Waals surface area contributed by atoms with Crippen LogP contribution >= 0.6 is 24.0 Å². The van der Waals surface area contributed by atoms with E-state index >= 15 is 0 Å². The van der Waals surface area contributed by atoms with Gasteiger partial charge < -0.3 is 20.1 Å². The van der Waals surface area contributed by atoms with Crippen molar-refractivity contribution >= 4 is 29.9 Å². The molecule has 0 atom stereocenters. The number of rotatable bonds is 9. The average molecular weight is 496 g/mol. The molecule has 0 spiro atoms. The zero-order valence-electron chi connectivity index (χ0n) is 17.6. The molecule has 0 radical (unpaired) electrons. The Hall–Kier alpha value is -0.120. The first-order valence-electron chi connectivity index (χ1n) is 10.6. The lowest BCUT2D eigenvalue weighted by Gasteiger charge is -2.39. The number of halogens is 1. The van der Waals surface area contributed by atoms with E-state index in [9.17, 15) is 0 Å². The fraction of sp³-hybridized carbons (Fsp3) is 0.950. The van der Waals surface area contributed by atoms with Gasteiger partial charge in [-0.15, -0.1) is 24.0 Å². The molecule has 0 unspecified atom stereocenters. The highest BCUT2D eigenvalue weighted by molar-refractivity contribution is 14.0. The summed E-state index contributed by atoms with van der Waals surface area (Å²) in [5, 5.41) is 6.80. The van der Waals surface area contributed by atoms with Gasteiger partial charge in [-0.3, -0.25) is 9.89 Å². The maximum Gasteiger partial charge on any atom is 0.191 e. The van der Waals surface area contributed by atoms with E-state index in [-0.39, 0.29) is 29.5 Å². The number of nitrogens with one attached hydrogen (secondary N) is 2. The van der Waals surface area contributed by atoms with Crippen molar-refractivity contribution in [3.63, 3.8) is 0 Å². The Balaban J connectivity index is 0.00000364. The van der Waals surface area contributed by atoms with E-state index in [2.05, 4.69) is 36.3 Å². The maximum absolute atomic E-state index is 6.00. The lowest BCUT2D eigenvalue weighted by atomic mass is 9.98. The zero-order chi connectivity index (χ0) is 18.7. The summed E-state index contributed by atoms with van der Waals surface area (Å²) in [5.74, 6) is 0.909. The van der Waals surface area contributed by atoms with Crippen molar-refractivity contribution in [3.05, 3.63) is 0 Å². The predicted octanol–water partition coefficient (Wildman–Crippen LogP) is 3.01. The molecular weight excluding hydrogens is 455 g/mol. The lowest BCUT2D eigenvalue weighted by Crippen LogP contribution is -2.52. The van der Waals surface area contributed by atoms with Gasteiger partial charge in [-0.25, -0.2) is 0 Å². The molecule has 0 bridgehead atoms. The third-order valence-electron chi connectivity index (χ3n) is 5.35. The fourth-order valence-electron chi connectivity index (χ4n) is 3.64. The van der Waals surface area contributed by atoms with Crippen molar-refractivity contribution in [2.75, 3.05) is 52.5 Å². The van der Waals surface area contributed by atoms with Crippen LogP contribution in [0.2, 0.25) is 0 Å². The molecule has 2 rings (SSSR count). The van der Waals surface area contributed by atoms with Crippen LogP contribution in [-0.4, -0.2) is 75.0 Å². The summed E-state index contributed by atoms with van der Waals surface area (Å²) in [6.07, 6.45) is 8.05. The summed E-state index contributed by atoms with van der Waals surface area (Å²) in [6, 6.07) is 0. The molecule has 6 nitrogen and oxygen atoms in total. The highest BCUT2D eigenvalue weighted by Crippen LogP contribution is 2.20. The molecule has 160 valence electrons. The number of aliphatic imine (C=N–C) groups is 1. The molecular formula is C20H41IN4O2. The molecule has 1 aliphatic carbocycles. The van der Waals surface area contributed by atoms with Gasteiger partial charge in [0.05, 0.1) is 25.9 Å². The van der Waals surface area contributed by atoms with Crippen LogP contribution in [0.15, 0.2) is 4.99 Å². The van der Waals surface area contributed by atoms with Crippen LogP contribution in [0, 0.1) is 0 Å². The van der Waals surface area contributed by atoms with Crippen LogP contribution in [0.3, 0.4) is 0 Å². The fourth-order valence-corrected chi connectivity index (χ4v) is 3.64. The van der Waals surface area contributed by atoms with E-state index in [1.54, 1.807) is 0 Å². The van der Waals surface area contributed by atoms with E-state index in [0.29, 0.717) is 6.10 Å². The summed E-state index contributed by atoms with van der Waals surface area (Å²) >= 11 is 0. The number of nitrogens with zero attached hydrogens (tertiary/aromatic N) is 2. The molecule has 0 amide bonds. The Kier molecular flexibility index (Phi) is 12.9. The molecule has 7 heteroatoms. The van der Waals surface area contributed by atoms with Crippen molar-refractivity contribution in [1.29, 1.82) is 0 Å². The minimum Gasteiger partial charge on any atom is -0.379 e. The van der Waals surface area contributed by atoms with Gasteiger partial charge >= 0.3 is 0 Å². The molecule has 2 aliphatic rings. The second-order valence-corrected chi connectivity index (χ2v) is 8.02. The van der Waals surface area contributed by atoms with E-state index in [1.807, 2.05) is 0 Å². The third kappa shape index (κ3) is 9.76. The molecule has 1 saturated heterocycles. The Morgan fingerprint density at radius 1 is 1.15 bits per heavy atom. The highest BCUT2D eigenvalue weighted by Gasteiger charge is 2.28. The smallest absolute Gasteiger partial charge is 0.191 e. The molecule has 1 saturated carbocycles. The van der Waals surface area contributed by atoms with Gasteiger partial charge in [-0.1, -0.05) is 19.3 Å². The van der Waals surface area contributed by atoms with Crippen molar-refractivity contribution in [2.45, 2.75) is 70.9 Å².